The summed E-state index contributed by atoms with van der Waals surface area (Å²) >= 11 is 0. The molecule has 2 aliphatic heterocycles. The second-order valence-electron chi connectivity index (χ2n) is 10.6. The summed E-state index contributed by atoms with van der Waals surface area (Å²) in [5.74, 6) is 0.0700. The van der Waals surface area contributed by atoms with Gasteiger partial charge in [0.2, 0.25) is 5.91 Å². The quantitative estimate of drug-likeness (QED) is 0.581. The van der Waals surface area contributed by atoms with Gasteiger partial charge in [0, 0.05) is 37.2 Å². The lowest BCUT2D eigenvalue weighted by Crippen LogP contribution is -2.47. The van der Waals surface area contributed by atoms with E-state index in [0.29, 0.717) is 31.9 Å². The smallest absolute Gasteiger partial charge is 0.433 e. The number of aromatic nitrogens is 2. The van der Waals surface area contributed by atoms with Crippen molar-refractivity contribution in [2.24, 2.45) is 0 Å². The van der Waals surface area contributed by atoms with Crippen molar-refractivity contribution in [2.45, 2.75) is 70.3 Å². The number of hydrogen-bond acceptors (Lipinski definition) is 5. The zero-order valence-electron chi connectivity index (χ0n) is 21.8. The number of amides is 1. The van der Waals surface area contributed by atoms with E-state index in [1.165, 1.54) is 0 Å². The van der Waals surface area contributed by atoms with Crippen molar-refractivity contribution in [1.82, 2.24) is 19.6 Å². The maximum Gasteiger partial charge on any atom is 0.433 e. The second-order valence-corrected chi connectivity index (χ2v) is 10.6. The fourth-order valence-corrected chi connectivity index (χ4v) is 6.63. The van der Waals surface area contributed by atoms with E-state index in [9.17, 15) is 18.0 Å². The molecule has 4 atom stereocenters. The number of morpholine rings is 1. The number of ether oxygens (including phenoxy) is 2. The van der Waals surface area contributed by atoms with Gasteiger partial charge in [0.25, 0.3) is 0 Å². The second kappa shape index (κ2) is 9.94. The van der Waals surface area contributed by atoms with Crippen LogP contribution in [0.5, 0.6) is 5.75 Å². The number of carbonyl (C=O) groups excluding carboxylic acids is 1. The van der Waals surface area contributed by atoms with E-state index >= 15 is 0 Å². The lowest BCUT2D eigenvalue weighted by atomic mass is 9.94. The lowest BCUT2D eigenvalue weighted by molar-refractivity contribution is -0.146. The van der Waals surface area contributed by atoms with Gasteiger partial charge in [-0.15, -0.1) is 0 Å². The van der Waals surface area contributed by atoms with Crippen LogP contribution in [0.4, 0.5) is 13.2 Å². The van der Waals surface area contributed by atoms with Crippen molar-refractivity contribution in [2.75, 3.05) is 40.0 Å². The maximum absolute atomic E-state index is 14.2. The molecular formula is C27H35F3N4O3. The third-order valence-corrected chi connectivity index (χ3v) is 8.30. The molecule has 1 aromatic carbocycles. The number of benzene rings is 1. The van der Waals surface area contributed by atoms with Crippen LogP contribution in [-0.4, -0.2) is 71.5 Å². The molecule has 37 heavy (non-hydrogen) atoms. The van der Waals surface area contributed by atoms with Gasteiger partial charge in [0.05, 0.1) is 32.1 Å². The first-order chi connectivity index (χ1) is 17.6. The minimum atomic E-state index is -4.58. The highest BCUT2D eigenvalue weighted by Crippen LogP contribution is 2.47. The Hall–Kier alpha value is -2.59. The number of hydrogen-bond donors (Lipinski definition) is 0. The van der Waals surface area contributed by atoms with Crippen molar-refractivity contribution in [3.8, 4) is 5.75 Å². The fourth-order valence-electron chi connectivity index (χ4n) is 6.63. The van der Waals surface area contributed by atoms with Crippen LogP contribution in [0.15, 0.2) is 18.2 Å². The van der Waals surface area contributed by atoms with Gasteiger partial charge in [-0.3, -0.25) is 14.4 Å². The molecule has 1 aromatic heterocycles. The number of carbonyl (C=O) groups is 1. The van der Waals surface area contributed by atoms with Crippen molar-refractivity contribution in [1.29, 1.82) is 0 Å². The Morgan fingerprint density at radius 2 is 1.89 bits per heavy atom. The van der Waals surface area contributed by atoms with Gasteiger partial charge in [-0.1, -0.05) is 26.0 Å². The number of fused-ring (bicyclic) bond motifs is 1. The van der Waals surface area contributed by atoms with Gasteiger partial charge >= 0.3 is 6.18 Å². The number of alkyl halides is 3. The molecule has 2 aromatic rings. The van der Waals surface area contributed by atoms with Gasteiger partial charge in [-0.25, -0.2) is 0 Å². The number of nitrogens with zero attached hydrogens (tertiary/aromatic N) is 4. The van der Waals surface area contributed by atoms with E-state index in [-0.39, 0.29) is 35.4 Å². The van der Waals surface area contributed by atoms with Crippen LogP contribution < -0.4 is 4.74 Å². The molecule has 7 nitrogen and oxygen atoms in total. The zero-order chi connectivity index (χ0) is 26.5. The molecule has 3 aliphatic rings. The van der Waals surface area contributed by atoms with E-state index in [1.54, 1.807) is 18.9 Å². The summed E-state index contributed by atoms with van der Waals surface area (Å²) < 4.78 is 54.7. The molecule has 10 heteroatoms. The monoisotopic (exact) mass is 520 g/mol. The fraction of sp³-hybridized carbons (Fsp3) is 0.630. The molecular weight excluding hydrogens is 485 g/mol. The minimum absolute atomic E-state index is 0.0448. The first kappa shape index (κ1) is 26.0. The Kier molecular flexibility index (Phi) is 7.00. The van der Waals surface area contributed by atoms with Crippen LogP contribution in [-0.2, 0) is 22.3 Å². The van der Waals surface area contributed by atoms with Gasteiger partial charge in [0.1, 0.15) is 18.0 Å². The third kappa shape index (κ3) is 4.63. The van der Waals surface area contributed by atoms with E-state index in [1.807, 2.05) is 32.0 Å². The zero-order valence-corrected chi connectivity index (χ0v) is 21.8. The Bertz CT molecular complexity index is 1160. The minimum Gasteiger partial charge on any atom is -0.496 e. The summed E-state index contributed by atoms with van der Waals surface area (Å²) in [5, 5.41) is 4.35. The topological polar surface area (TPSA) is 59.8 Å². The first-order valence-corrected chi connectivity index (χ1v) is 13.0. The maximum atomic E-state index is 14.2. The average Bonchev–Trinajstić information content (AvgIpc) is 3.53. The van der Waals surface area contributed by atoms with Gasteiger partial charge in [-0.05, 0) is 42.9 Å². The predicted molar refractivity (Wildman–Crippen MR) is 132 cm³/mol. The normalized spacial score (nSPS) is 26.5. The molecule has 0 bridgehead atoms. The Morgan fingerprint density at radius 3 is 2.57 bits per heavy atom. The lowest BCUT2D eigenvalue weighted by Gasteiger charge is -2.38. The Balaban J connectivity index is 1.50. The molecule has 0 spiro atoms. The number of likely N-dealkylation sites (tertiary alicyclic amines) is 1. The van der Waals surface area contributed by atoms with Crippen molar-refractivity contribution in [3.05, 3.63) is 46.3 Å². The van der Waals surface area contributed by atoms with Crippen LogP contribution in [0, 0.1) is 6.92 Å². The SMILES string of the molecule is COc1cccc([C@@H]2[C@H](N3CCOCC3)CCN2C(=O)Cn2nc3c(c2C(F)(F)F)[C@@H](C)C[C@H]3C)c1C. The van der Waals surface area contributed by atoms with Gasteiger partial charge in [-0.2, -0.15) is 18.3 Å². The molecule has 0 unspecified atom stereocenters. The van der Waals surface area contributed by atoms with E-state index < -0.39 is 18.4 Å². The van der Waals surface area contributed by atoms with Crippen molar-refractivity contribution < 1.29 is 27.4 Å². The first-order valence-electron chi connectivity index (χ1n) is 13.0. The molecule has 202 valence electrons. The molecule has 1 aliphatic carbocycles. The summed E-state index contributed by atoms with van der Waals surface area (Å²) in [6, 6.07) is 5.53. The molecule has 3 heterocycles. The van der Waals surface area contributed by atoms with Crippen LogP contribution >= 0.6 is 0 Å². The Morgan fingerprint density at radius 1 is 1.16 bits per heavy atom. The van der Waals surface area contributed by atoms with E-state index in [0.717, 1.165) is 41.1 Å². The average molecular weight is 521 g/mol. The van der Waals surface area contributed by atoms with E-state index in [2.05, 4.69) is 10.00 Å². The van der Waals surface area contributed by atoms with Crippen LogP contribution in [0.1, 0.15) is 72.6 Å². The summed E-state index contributed by atoms with van der Waals surface area (Å²) in [7, 11) is 1.61. The number of halogens is 3. The third-order valence-electron chi connectivity index (χ3n) is 8.30. The number of methoxy groups -OCH3 is 1. The van der Waals surface area contributed by atoms with Crippen molar-refractivity contribution in [3.63, 3.8) is 0 Å². The summed E-state index contributed by atoms with van der Waals surface area (Å²) in [4.78, 5) is 17.9. The summed E-state index contributed by atoms with van der Waals surface area (Å²) in [6.07, 6.45) is -3.20. The standard InChI is InChI=1S/C27H35F3N4O3/c1-16-14-17(2)24-23(16)26(27(28,29)30)34(31-24)15-22(35)33-9-8-20(32-10-12-37-13-11-32)25(33)19-6-5-7-21(36-4)18(19)3/h5-7,16-17,20,25H,8-15H2,1-4H3/t16-,17+,20+,25+/m0/s1. The van der Waals surface area contributed by atoms with Crippen LogP contribution in [0.25, 0.3) is 0 Å². The highest BCUT2D eigenvalue weighted by Gasteiger charge is 2.46. The predicted octanol–water partition coefficient (Wildman–Crippen LogP) is 4.50. The largest absolute Gasteiger partial charge is 0.496 e. The molecule has 5 rings (SSSR count). The number of rotatable bonds is 5. The molecule has 2 fully saturated rings. The summed E-state index contributed by atoms with van der Waals surface area (Å²) in [5.41, 5.74) is 1.85. The molecule has 2 saturated heterocycles. The summed E-state index contributed by atoms with van der Waals surface area (Å²) in [6.45, 7) is 8.47. The highest BCUT2D eigenvalue weighted by molar-refractivity contribution is 5.77. The molecule has 0 saturated carbocycles. The van der Waals surface area contributed by atoms with Crippen LogP contribution in [0.3, 0.4) is 0 Å². The molecule has 0 radical (unpaired) electrons. The van der Waals surface area contributed by atoms with Gasteiger partial charge in [0.15, 0.2) is 0 Å². The van der Waals surface area contributed by atoms with E-state index in [4.69, 9.17) is 9.47 Å². The highest BCUT2D eigenvalue weighted by atomic mass is 19.4. The van der Waals surface area contributed by atoms with Crippen LogP contribution in [0.2, 0.25) is 0 Å². The Labute approximate surface area is 215 Å². The molecule has 1 amide bonds. The van der Waals surface area contributed by atoms with Gasteiger partial charge < -0.3 is 14.4 Å². The van der Waals surface area contributed by atoms with Crippen molar-refractivity contribution >= 4 is 5.91 Å². The molecule has 0 N–H and O–H groups in total.